The van der Waals surface area contributed by atoms with E-state index in [1.54, 1.807) is 0 Å². The van der Waals surface area contributed by atoms with Crippen molar-refractivity contribution in [3.05, 3.63) is 0 Å². The van der Waals surface area contributed by atoms with E-state index in [2.05, 4.69) is 46.7 Å². The maximum absolute atomic E-state index is 3.75. The summed E-state index contributed by atoms with van der Waals surface area (Å²) in [6.07, 6.45) is 0. The fourth-order valence-electron chi connectivity index (χ4n) is 1.97. The highest BCUT2D eigenvalue weighted by molar-refractivity contribution is 6.99. The van der Waals surface area contributed by atoms with Gasteiger partial charge in [0.25, 0.3) is 0 Å². The molecule has 1 aliphatic heterocycles. The first kappa shape index (κ1) is 9.62. The first-order chi connectivity index (χ1) is 4.81. The lowest BCUT2D eigenvalue weighted by Gasteiger charge is -2.44. The third kappa shape index (κ3) is 2.80. The predicted octanol–water partition coefficient (Wildman–Crippen LogP) is 0.0227. The Kier molecular flexibility index (Phi) is 2.44. The minimum absolute atomic E-state index is 0.784. The fraction of sp³-hybridized carbons (Fsp3) is 1.00. The molecule has 3 nitrogen and oxygen atoms in total. The van der Waals surface area contributed by atoms with Crippen molar-refractivity contribution in [1.82, 2.24) is 13.9 Å². The summed E-state index contributed by atoms with van der Waals surface area (Å²) in [5.74, 6) is 0. The molecule has 1 fully saturated rings. The second kappa shape index (κ2) is 2.79. The van der Waals surface area contributed by atoms with E-state index in [-0.39, 0.29) is 0 Å². The average Bonchev–Trinajstić information content (AvgIpc) is 1.49. The van der Waals surface area contributed by atoms with E-state index in [9.17, 15) is 0 Å². The molecule has 0 atom stereocenters. The van der Waals surface area contributed by atoms with Crippen molar-refractivity contribution in [3.8, 4) is 0 Å². The van der Waals surface area contributed by atoms with Gasteiger partial charge in [0.05, 0.1) is 0 Å². The largest absolute Gasteiger partial charge is 0.339 e. The van der Waals surface area contributed by atoms with Gasteiger partial charge in [-0.2, -0.15) is 0 Å². The van der Waals surface area contributed by atoms with Crippen LogP contribution >= 0.6 is 0 Å². The third-order valence-corrected chi connectivity index (χ3v) is 16.0. The molecule has 0 saturated carbocycles. The van der Waals surface area contributed by atoms with Gasteiger partial charge in [-0.25, -0.2) is 0 Å². The Hall–Kier alpha value is 0.531. The Morgan fingerprint density at radius 1 is 0.909 bits per heavy atom. The molecule has 0 radical (unpaired) electrons. The van der Waals surface area contributed by atoms with Crippen LogP contribution in [0.2, 0.25) is 32.7 Å². The van der Waals surface area contributed by atoms with Crippen LogP contribution in [0.4, 0.5) is 0 Å². The lowest BCUT2D eigenvalue weighted by Crippen LogP contribution is -2.83. The van der Waals surface area contributed by atoms with E-state index >= 15 is 0 Å². The van der Waals surface area contributed by atoms with Gasteiger partial charge < -0.3 is 13.9 Å². The molecule has 1 rings (SSSR count). The molecule has 1 saturated heterocycles. The second-order valence-electron chi connectivity index (χ2n) is 4.39. The molecule has 0 amide bonds. The summed E-state index contributed by atoms with van der Waals surface area (Å²) in [6.45, 7) is 11.8. The molecule has 0 spiro atoms. The molecular weight excluding hydrogens is 186 g/mol. The molecule has 0 aromatic heterocycles. The van der Waals surface area contributed by atoms with Crippen LogP contribution in [0, 0.1) is 0 Å². The number of rotatable bonds is 0. The Balaban J connectivity index is 2.66. The monoisotopic (exact) mass is 205 g/mol. The van der Waals surface area contributed by atoms with Gasteiger partial charge in [-0.05, 0) is 32.7 Å². The third-order valence-electron chi connectivity index (χ3n) is 1.78. The van der Waals surface area contributed by atoms with Crippen LogP contribution in [-0.4, -0.2) is 25.9 Å². The number of nitrogens with one attached hydrogen (secondary N) is 3. The highest BCUT2D eigenvalue weighted by Crippen LogP contribution is 2.05. The van der Waals surface area contributed by atoms with Crippen molar-refractivity contribution < 1.29 is 0 Å². The lowest BCUT2D eigenvalue weighted by atomic mass is 11.9. The van der Waals surface area contributed by atoms with Gasteiger partial charge in [-0.15, -0.1) is 0 Å². The van der Waals surface area contributed by atoms with Gasteiger partial charge in [0, 0.05) is 0 Å². The van der Waals surface area contributed by atoms with E-state index in [0.717, 1.165) is 0 Å². The van der Waals surface area contributed by atoms with Crippen molar-refractivity contribution in [2.45, 2.75) is 32.7 Å². The summed E-state index contributed by atoms with van der Waals surface area (Å²) in [4.78, 5) is 0. The minimum Gasteiger partial charge on any atom is -0.339 e. The molecule has 0 aliphatic carbocycles. The van der Waals surface area contributed by atoms with Crippen LogP contribution in [0.25, 0.3) is 0 Å². The van der Waals surface area contributed by atoms with Gasteiger partial charge in [-0.1, -0.05) is 0 Å². The van der Waals surface area contributed by atoms with E-state index in [4.69, 9.17) is 0 Å². The van der Waals surface area contributed by atoms with Crippen molar-refractivity contribution in [3.63, 3.8) is 0 Å². The number of hydrogen-bond donors (Lipinski definition) is 3. The zero-order chi connectivity index (χ0) is 8.70. The first-order valence-corrected chi connectivity index (χ1v) is 12.5. The van der Waals surface area contributed by atoms with Gasteiger partial charge in [-0.3, -0.25) is 0 Å². The van der Waals surface area contributed by atoms with Gasteiger partial charge in [0.1, 0.15) is 0 Å². The van der Waals surface area contributed by atoms with Crippen molar-refractivity contribution >= 4 is 25.9 Å². The predicted molar refractivity (Wildman–Crippen MR) is 57.4 cm³/mol. The Bertz CT molecular complexity index is 143. The highest BCUT2D eigenvalue weighted by atomic mass is 28.5. The molecule has 0 bridgehead atoms. The molecule has 0 aromatic carbocycles. The van der Waals surface area contributed by atoms with Crippen molar-refractivity contribution in [2.75, 3.05) is 0 Å². The Morgan fingerprint density at radius 3 is 1.55 bits per heavy atom. The van der Waals surface area contributed by atoms with Crippen LogP contribution in [0.3, 0.4) is 0 Å². The SMILES string of the molecule is C[SiH]1N[Si](C)(C)N[Si](C)(C)N1. The van der Waals surface area contributed by atoms with Crippen LogP contribution in [0.1, 0.15) is 0 Å². The maximum Gasteiger partial charge on any atom is 0.183 e. The molecular formula is C5H19N3Si3. The summed E-state index contributed by atoms with van der Waals surface area (Å²) in [5.41, 5.74) is 0. The number of hydrogen-bond acceptors (Lipinski definition) is 3. The van der Waals surface area contributed by atoms with Gasteiger partial charge in [0.2, 0.25) is 0 Å². The fourth-order valence-corrected chi connectivity index (χ4v) is 19.7. The molecule has 66 valence electrons. The van der Waals surface area contributed by atoms with E-state index in [1.165, 1.54) is 0 Å². The van der Waals surface area contributed by atoms with Crippen molar-refractivity contribution in [2.24, 2.45) is 0 Å². The first-order valence-electron chi connectivity index (χ1n) is 4.15. The molecule has 1 heterocycles. The molecule has 11 heavy (non-hydrogen) atoms. The van der Waals surface area contributed by atoms with Crippen LogP contribution < -0.4 is 13.9 Å². The van der Waals surface area contributed by atoms with Crippen LogP contribution in [0.5, 0.6) is 0 Å². The quantitative estimate of drug-likeness (QED) is 0.488. The topological polar surface area (TPSA) is 36.1 Å². The minimum atomic E-state index is -1.23. The average molecular weight is 205 g/mol. The van der Waals surface area contributed by atoms with Crippen molar-refractivity contribution in [1.29, 1.82) is 0 Å². The second-order valence-corrected chi connectivity index (χ2v) is 15.6. The molecule has 6 heteroatoms. The zero-order valence-corrected chi connectivity index (χ0v) is 11.2. The summed E-state index contributed by atoms with van der Waals surface area (Å²) in [6, 6.07) is 0. The molecule has 3 N–H and O–H groups in total. The van der Waals surface area contributed by atoms with Gasteiger partial charge in [0.15, 0.2) is 25.9 Å². The summed E-state index contributed by atoms with van der Waals surface area (Å²) in [5, 5.41) is 0. The Morgan fingerprint density at radius 2 is 1.27 bits per heavy atom. The smallest absolute Gasteiger partial charge is 0.183 e. The maximum atomic E-state index is 3.75. The van der Waals surface area contributed by atoms with Gasteiger partial charge >= 0.3 is 0 Å². The van der Waals surface area contributed by atoms with Crippen LogP contribution in [-0.2, 0) is 0 Å². The summed E-state index contributed by atoms with van der Waals surface area (Å²) in [7, 11) is -3.24. The summed E-state index contributed by atoms with van der Waals surface area (Å²) < 4.78 is 11.2. The van der Waals surface area contributed by atoms with E-state index in [0.29, 0.717) is 0 Å². The molecule has 0 aromatic rings. The normalized spacial score (nSPS) is 30.3. The standard InChI is InChI=1S/C5H19N3Si3/c1-9-6-10(2,3)8-11(4,5)7-9/h6-9H,1-5H3. The Labute approximate surface area is 73.1 Å². The van der Waals surface area contributed by atoms with E-state index in [1.807, 2.05) is 0 Å². The lowest BCUT2D eigenvalue weighted by molar-refractivity contribution is 1.07. The van der Waals surface area contributed by atoms with E-state index < -0.39 is 25.9 Å². The summed E-state index contributed by atoms with van der Waals surface area (Å²) >= 11 is 0. The zero-order valence-electron chi connectivity index (χ0n) is 8.08. The molecule has 0 unspecified atom stereocenters. The molecule has 1 aliphatic rings. The highest BCUT2D eigenvalue weighted by Gasteiger charge is 2.38. The van der Waals surface area contributed by atoms with Crippen LogP contribution in [0.15, 0.2) is 0 Å².